The van der Waals surface area contributed by atoms with Crippen LogP contribution in [0.1, 0.15) is 41.0 Å². The number of thioether (sulfide) groups is 1. The molecule has 0 heterocycles. The minimum Gasteiger partial charge on any atom is -0.350 e. The number of hydrogen-bond donors (Lipinski definition) is 1. The number of carbonyl (C=O) groups is 1. The fourth-order valence-corrected chi connectivity index (χ4v) is 3.29. The molecule has 1 rings (SSSR count). The van der Waals surface area contributed by atoms with Crippen molar-refractivity contribution in [2.75, 3.05) is 5.75 Å². The van der Waals surface area contributed by atoms with Crippen molar-refractivity contribution in [1.29, 1.82) is 0 Å². The number of carbonyl (C=O) groups excluding carboxylic acids is 1. The van der Waals surface area contributed by atoms with Gasteiger partial charge < -0.3 is 5.32 Å². The fraction of sp³-hybridized carbons (Fsp3) is 0.562. The van der Waals surface area contributed by atoms with Crippen LogP contribution in [0.2, 0.25) is 5.02 Å². The first-order chi connectivity index (χ1) is 9.07. The second-order valence-electron chi connectivity index (χ2n) is 6.91. The SMILES string of the molecule is CC(C)(C)CC(C)(C)NC(=O)CSc1ccc(Cl)cc1. The Morgan fingerprint density at radius 2 is 1.70 bits per heavy atom. The lowest BCUT2D eigenvalue weighted by molar-refractivity contribution is -0.120. The zero-order valence-electron chi connectivity index (χ0n) is 12.9. The van der Waals surface area contributed by atoms with Crippen LogP contribution < -0.4 is 5.32 Å². The molecule has 0 aliphatic carbocycles. The van der Waals surface area contributed by atoms with E-state index in [-0.39, 0.29) is 16.9 Å². The first-order valence-electron chi connectivity index (χ1n) is 6.77. The van der Waals surface area contributed by atoms with E-state index in [9.17, 15) is 4.79 Å². The highest BCUT2D eigenvalue weighted by Crippen LogP contribution is 2.27. The van der Waals surface area contributed by atoms with Crippen LogP contribution in [0.5, 0.6) is 0 Å². The first-order valence-corrected chi connectivity index (χ1v) is 8.13. The van der Waals surface area contributed by atoms with Gasteiger partial charge in [0.1, 0.15) is 0 Å². The molecule has 1 N–H and O–H groups in total. The summed E-state index contributed by atoms with van der Waals surface area (Å²) in [5.41, 5.74) is 0.00991. The van der Waals surface area contributed by atoms with Crippen molar-refractivity contribution in [2.45, 2.75) is 51.5 Å². The lowest BCUT2D eigenvalue weighted by Gasteiger charge is -2.33. The molecule has 20 heavy (non-hydrogen) atoms. The molecule has 0 aliphatic rings. The van der Waals surface area contributed by atoms with Crippen molar-refractivity contribution in [3.63, 3.8) is 0 Å². The lowest BCUT2D eigenvalue weighted by Crippen LogP contribution is -2.46. The molecule has 0 saturated carbocycles. The molecule has 0 saturated heterocycles. The van der Waals surface area contributed by atoms with Crippen LogP contribution in [0.3, 0.4) is 0 Å². The lowest BCUT2D eigenvalue weighted by atomic mass is 9.82. The quantitative estimate of drug-likeness (QED) is 0.794. The Balaban J connectivity index is 2.45. The summed E-state index contributed by atoms with van der Waals surface area (Å²) in [6.45, 7) is 10.7. The third-order valence-corrected chi connectivity index (χ3v) is 3.90. The molecule has 0 unspecified atom stereocenters. The van der Waals surface area contributed by atoms with Crippen molar-refractivity contribution in [3.8, 4) is 0 Å². The van der Waals surface area contributed by atoms with Gasteiger partial charge in [0.25, 0.3) is 0 Å². The smallest absolute Gasteiger partial charge is 0.230 e. The third kappa shape index (κ3) is 7.20. The zero-order valence-corrected chi connectivity index (χ0v) is 14.5. The van der Waals surface area contributed by atoms with Gasteiger partial charge in [0.15, 0.2) is 0 Å². The molecule has 2 nitrogen and oxygen atoms in total. The van der Waals surface area contributed by atoms with Crippen molar-refractivity contribution >= 4 is 29.3 Å². The Hall–Kier alpha value is -0.670. The summed E-state index contributed by atoms with van der Waals surface area (Å²) < 4.78 is 0. The largest absolute Gasteiger partial charge is 0.350 e. The summed E-state index contributed by atoms with van der Waals surface area (Å²) in [5, 5.41) is 3.82. The van der Waals surface area contributed by atoms with Gasteiger partial charge in [-0.3, -0.25) is 4.79 Å². The predicted octanol–water partition coefficient (Wildman–Crippen LogP) is 4.76. The van der Waals surface area contributed by atoms with Crippen molar-refractivity contribution in [3.05, 3.63) is 29.3 Å². The fourth-order valence-electron chi connectivity index (χ4n) is 2.46. The average Bonchev–Trinajstić information content (AvgIpc) is 2.24. The molecule has 0 spiro atoms. The van der Waals surface area contributed by atoms with Gasteiger partial charge in [-0.15, -0.1) is 11.8 Å². The molecule has 0 bridgehead atoms. The minimum atomic E-state index is -0.185. The highest BCUT2D eigenvalue weighted by Gasteiger charge is 2.26. The van der Waals surface area contributed by atoms with Gasteiger partial charge in [0.2, 0.25) is 5.91 Å². The molecule has 1 aromatic carbocycles. The van der Waals surface area contributed by atoms with Crippen LogP contribution in [0.4, 0.5) is 0 Å². The maximum atomic E-state index is 12.0. The summed E-state index contributed by atoms with van der Waals surface area (Å²) in [4.78, 5) is 13.1. The molecule has 1 amide bonds. The normalized spacial score (nSPS) is 12.3. The summed E-state index contributed by atoms with van der Waals surface area (Å²) in [6.07, 6.45) is 0.942. The highest BCUT2D eigenvalue weighted by atomic mass is 35.5. The summed E-state index contributed by atoms with van der Waals surface area (Å²) in [6, 6.07) is 7.54. The van der Waals surface area contributed by atoms with Gasteiger partial charge in [-0.2, -0.15) is 0 Å². The van der Waals surface area contributed by atoms with E-state index in [0.29, 0.717) is 10.8 Å². The number of benzene rings is 1. The third-order valence-electron chi connectivity index (χ3n) is 2.63. The Morgan fingerprint density at radius 3 is 2.20 bits per heavy atom. The van der Waals surface area contributed by atoms with Gasteiger partial charge >= 0.3 is 0 Å². The van der Waals surface area contributed by atoms with E-state index in [1.54, 1.807) is 0 Å². The monoisotopic (exact) mass is 313 g/mol. The number of hydrogen-bond acceptors (Lipinski definition) is 2. The molecule has 0 aromatic heterocycles. The van der Waals surface area contributed by atoms with E-state index in [4.69, 9.17) is 11.6 Å². The maximum absolute atomic E-state index is 12.0. The van der Waals surface area contributed by atoms with Crippen LogP contribution in [-0.4, -0.2) is 17.2 Å². The number of amides is 1. The van der Waals surface area contributed by atoms with Gasteiger partial charge in [0, 0.05) is 15.5 Å². The van der Waals surface area contributed by atoms with Crippen molar-refractivity contribution < 1.29 is 4.79 Å². The zero-order chi connectivity index (χ0) is 15.4. The van der Waals surface area contributed by atoms with Crippen molar-refractivity contribution in [1.82, 2.24) is 5.32 Å². The first kappa shape index (κ1) is 17.4. The van der Waals surface area contributed by atoms with Gasteiger partial charge in [0.05, 0.1) is 5.75 Å². The van der Waals surface area contributed by atoms with E-state index in [2.05, 4.69) is 39.9 Å². The molecule has 1 aromatic rings. The molecule has 112 valence electrons. The molecule has 0 aliphatic heterocycles. The van der Waals surface area contributed by atoms with E-state index < -0.39 is 0 Å². The summed E-state index contributed by atoms with van der Waals surface area (Å²) >= 11 is 7.36. The van der Waals surface area contributed by atoms with Gasteiger partial charge in [-0.05, 0) is 49.9 Å². The van der Waals surface area contributed by atoms with E-state index in [1.165, 1.54) is 11.8 Å². The summed E-state index contributed by atoms with van der Waals surface area (Å²) in [5.74, 6) is 0.495. The topological polar surface area (TPSA) is 29.1 Å². The molecule has 0 radical (unpaired) electrons. The van der Waals surface area contributed by atoms with Gasteiger partial charge in [-0.25, -0.2) is 0 Å². The maximum Gasteiger partial charge on any atom is 0.230 e. The highest BCUT2D eigenvalue weighted by molar-refractivity contribution is 8.00. The second-order valence-corrected chi connectivity index (χ2v) is 8.40. The van der Waals surface area contributed by atoms with E-state index in [1.807, 2.05) is 24.3 Å². The van der Waals surface area contributed by atoms with E-state index in [0.717, 1.165) is 11.3 Å². The Bertz CT molecular complexity index is 449. The number of nitrogens with one attached hydrogen (secondary N) is 1. The molecule has 0 atom stereocenters. The Kier molecular flexibility index (Phi) is 5.96. The average molecular weight is 314 g/mol. The molecule has 4 heteroatoms. The van der Waals surface area contributed by atoms with Crippen LogP contribution in [-0.2, 0) is 4.79 Å². The minimum absolute atomic E-state index is 0.0687. The Labute approximate surface area is 131 Å². The van der Waals surface area contributed by atoms with Gasteiger partial charge in [-0.1, -0.05) is 32.4 Å². The standard InChI is InChI=1S/C16H24ClNOS/c1-15(2,3)11-16(4,5)18-14(19)10-20-13-8-6-12(17)7-9-13/h6-9H,10-11H2,1-5H3,(H,18,19). The number of rotatable bonds is 5. The molecule has 0 fully saturated rings. The van der Waals surface area contributed by atoms with Crippen molar-refractivity contribution in [2.24, 2.45) is 5.41 Å². The molecular weight excluding hydrogens is 290 g/mol. The van der Waals surface area contributed by atoms with Crippen LogP contribution in [0.25, 0.3) is 0 Å². The van der Waals surface area contributed by atoms with Crippen LogP contribution >= 0.6 is 23.4 Å². The predicted molar refractivity (Wildman–Crippen MR) is 88.5 cm³/mol. The van der Waals surface area contributed by atoms with Crippen LogP contribution in [0.15, 0.2) is 29.2 Å². The number of halogens is 1. The van der Waals surface area contributed by atoms with E-state index >= 15 is 0 Å². The molecular formula is C16H24ClNOS. The second kappa shape index (κ2) is 6.86. The summed E-state index contributed by atoms with van der Waals surface area (Å²) in [7, 11) is 0. The Morgan fingerprint density at radius 1 is 1.15 bits per heavy atom. The van der Waals surface area contributed by atoms with Crippen LogP contribution in [0, 0.1) is 5.41 Å².